The lowest BCUT2D eigenvalue weighted by Gasteiger charge is -2.32. The minimum atomic E-state index is -1.07. The van der Waals surface area contributed by atoms with Crippen LogP contribution in [0.2, 0.25) is 0 Å². The smallest absolute Gasteiger partial charge is 0.303 e. The van der Waals surface area contributed by atoms with Crippen molar-refractivity contribution in [1.82, 2.24) is 0 Å². The van der Waals surface area contributed by atoms with Crippen LogP contribution in [0.5, 0.6) is 5.75 Å². The molecular formula is C32H46O10S. The van der Waals surface area contributed by atoms with Crippen molar-refractivity contribution in [1.29, 1.82) is 0 Å². The number of carbonyl (C=O) groups excluding carboxylic acids is 1. The van der Waals surface area contributed by atoms with E-state index in [4.69, 9.17) is 33.5 Å². The molecule has 10 nitrogen and oxygen atoms in total. The highest BCUT2D eigenvalue weighted by Crippen LogP contribution is 2.33. The Morgan fingerprint density at radius 3 is 2.42 bits per heavy atom. The number of benzene rings is 1. The Bertz CT molecular complexity index is 1050. The van der Waals surface area contributed by atoms with Gasteiger partial charge in [-0.1, -0.05) is 12.2 Å². The van der Waals surface area contributed by atoms with Crippen molar-refractivity contribution in [2.24, 2.45) is 5.92 Å². The minimum absolute atomic E-state index is 0.0822. The van der Waals surface area contributed by atoms with Crippen LogP contribution >= 0.6 is 0 Å². The molecule has 43 heavy (non-hydrogen) atoms. The molecule has 0 spiro atoms. The topological polar surface area (TPSA) is 127 Å². The summed E-state index contributed by atoms with van der Waals surface area (Å²) in [5.41, 5.74) is 0. The van der Waals surface area contributed by atoms with Gasteiger partial charge in [0, 0.05) is 48.0 Å². The van der Waals surface area contributed by atoms with Gasteiger partial charge in [0.25, 0.3) is 0 Å². The molecule has 4 rings (SSSR count). The Morgan fingerprint density at radius 1 is 1.05 bits per heavy atom. The fourth-order valence-corrected chi connectivity index (χ4v) is 6.08. The summed E-state index contributed by atoms with van der Waals surface area (Å²) >= 11 is 0. The maximum Gasteiger partial charge on any atom is 0.303 e. The van der Waals surface area contributed by atoms with Crippen LogP contribution in [-0.2, 0) is 44.1 Å². The van der Waals surface area contributed by atoms with Crippen LogP contribution in [0.1, 0.15) is 70.6 Å². The van der Waals surface area contributed by atoms with Gasteiger partial charge < -0.3 is 33.5 Å². The van der Waals surface area contributed by atoms with Crippen LogP contribution in [-0.4, -0.2) is 84.6 Å². The molecular weight excluding hydrogens is 576 g/mol. The number of carboxylic acids is 1. The molecule has 11 heteroatoms. The number of Topliss-reactive ketones (excluding diaryl/α,β-unsaturated/α-hetero) is 1. The number of allylic oxidation sites excluding steroid dienone is 2. The van der Waals surface area contributed by atoms with Gasteiger partial charge in [0.15, 0.2) is 12.6 Å². The molecule has 0 bridgehead atoms. The summed E-state index contributed by atoms with van der Waals surface area (Å²) < 4.78 is 48.5. The van der Waals surface area contributed by atoms with E-state index < -0.39 is 35.1 Å². The number of ether oxygens (including phenoxy) is 6. The summed E-state index contributed by atoms with van der Waals surface area (Å²) in [6.45, 7) is 1.67. The molecule has 2 heterocycles. The minimum Gasteiger partial charge on any atom is -0.491 e. The molecule has 1 N–H and O–H groups in total. The summed E-state index contributed by atoms with van der Waals surface area (Å²) in [4.78, 5) is 24.7. The highest BCUT2D eigenvalue weighted by Gasteiger charge is 2.45. The van der Waals surface area contributed by atoms with Crippen LogP contribution in [0, 0.1) is 5.92 Å². The van der Waals surface area contributed by atoms with Gasteiger partial charge in [-0.15, -0.1) is 0 Å². The maximum atomic E-state index is 13.2. The van der Waals surface area contributed by atoms with Gasteiger partial charge in [-0.25, -0.2) is 0 Å². The molecule has 0 aromatic heterocycles. The average Bonchev–Trinajstić information content (AvgIpc) is 3.30. The predicted octanol–water partition coefficient (Wildman–Crippen LogP) is 4.80. The largest absolute Gasteiger partial charge is 0.491 e. The van der Waals surface area contributed by atoms with E-state index in [-0.39, 0.29) is 50.3 Å². The van der Waals surface area contributed by atoms with Crippen LogP contribution in [0.25, 0.3) is 0 Å². The number of unbranched alkanes of at least 4 members (excludes halogenated alkanes) is 1. The van der Waals surface area contributed by atoms with Gasteiger partial charge in [0.2, 0.25) is 0 Å². The Balaban J connectivity index is 1.41. The van der Waals surface area contributed by atoms with Gasteiger partial charge in [-0.05, 0) is 82.1 Å². The number of carbonyl (C=O) groups is 2. The van der Waals surface area contributed by atoms with Gasteiger partial charge in [0.05, 0.1) is 24.7 Å². The Kier molecular flexibility index (Phi) is 14.1. The molecule has 7 unspecified atom stereocenters. The molecule has 7 atom stereocenters. The standard InChI is InChI=1S/C32H46O10S/c1-43(36)25-16-14-23(15-17-25)39-21-24(41-30-12-6-8-18-37-30)22-40-32-26(10-4-2-3-5-11-29(34)35)27(33)20-28(32)42-31-13-7-9-19-38-31/h2,4,14-17,24,26,28,30-32H,3,5-13,18-22H2,1H3,(H,34,35). The molecule has 240 valence electrons. The Hall–Kier alpha value is -2.15. The van der Waals surface area contributed by atoms with Crippen LogP contribution in [0.3, 0.4) is 0 Å². The summed E-state index contributed by atoms with van der Waals surface area (Å²) in [6, 6.07) is 7.13. The molecule has 0 radical (unpaired) electrons. The molecule has 3 aliphatic rings. The van der Waals surface area contributed by atoms with E-state index in [0.29, 0.717) is 38.2 Å². The third-order valence-electron chi connectivity index (χ3n) is 7.91. The van der Waals surface area contributed by atoms with E-state index in [9.17, 15) is 13.8 Å². The van der Waals surface area contributed by atoms with Crippen LogP contribution in [0.15, 0.2) is 41.3 Å². The first kappa shape index (κ1) is 33.7. The second-order valence-electron chi connectivity index (χ2n) is 11.3. The van der Waals surface area contributed by atoms with Crippen molar-refractivity contribution in [3.63, 3.8) is 0 Å². The van der Waals surface area contributed by atoms with E-state index in [1.807, 2.05) is 12.2 Å². The molecule has 0 amide bonds. The van der Waals surface area contributed by atoms with Crippen molar-refractivity contribution in [3.05, 3.63) is 36.4 Å². The normalized spacial score (nSPS) is 27.7. The summed E-state index contributed by atoms with van der Waals surface area (Å²) in [7, 11) is -1.07. The summed E-state index contributed by atoms with van der Waals surface area (Å²) in [5, 5.41) is 8.87. The quantitative estimate of drug-likeness (QED) is 0.191. The molecule has 1 aromatic rings. The fraction of sp³-hybridized carbons (Fsp3) is 0.688. The molecule has 1 aliphatic carbocycles. The van der Waals surface area contributed by atoms with E-state index in [2.05, 4.69) is 0 Å². The van der Waals surface area contributed by atoms with Crippen LogP contribution < -0.4 is 4.74 Å². The number of hydrogen-bond acceptors (Lipinski definition) is 9. The van der Waals surface area contributed by atoms with E-state index in [1.54, 1.807) is 30.5 Å². The first-order chi connectivity index (χ1) is 20.9. The molecule has 2 saturated heterocycles. The first-order valence-electron chi connectivity index (χ1n) is 15.5. The number of carboxylic acid groups (broad SMARTS) is 1. The number of aliphatic carboxylic acids is 1. The van der Waals surface area contributed by atoms with Gasteiger partial charge >= 0.3 is 5.97 Å². The first-order valence-corrected chi connectivity index (χ1v) is 17.1. The van der Waals surface area contributed by atoms with Gasteiger partial charge in [-0.2, -0.15) is 0 Å². The van der Waals surface area contributed by atoms with Crippen molar-refractivity contribution in [2.45, 2.75) is 106 Å². The molecule has 3 fully saturated rings. The van der Waals surface area contributed by atoms with Crippen molar-refractivity contribution in [2.75, 3.05) is 32.7 Å². The Labute approximate surface area is 256 Å². The molecule has 2 aliphatic heterocycles. The zero-order chi connectivity index (χ0) is 30.4. The number of rotatable bonds is 17. The zero-order valence-corrected chi connectivity index (χ0v) is 25.9. The lowest BCUT2D eigenvalue weighted by Crippen LogP contribution is -2.40. The monoisotopic (exact) mass is 622 g/mol. The highest BCUT2D eigenvalue weighted by atomic mass is 32.2. The lowest BCUT2D eigenvalue weighted by atomic mass is 9.99. The van der Waals surface area contributed by atoms with Crippen molar-refractivity contribution >= 4 is 22.6 Å². The van der Waals surface area contributed by atoms with E-state index in [1.165, 1.54) is 0 Å². The Morgan fingerprint density at radius 2 is 1.77 bits per heavy atom. The summed E-state index contributed by atoms with van der Waals surface area (Å²) in [5.74, 6) is -0.491. The SMILES string of the molecule is CS(=O)c1ccc(OCC(COC2C(OC3CCCCO3)CC(=O)C2CC=CCCCC(=O)O)OC2CCCCO2)cc1. The van der Waals surface area contributed by atoms with Crippen molar-refractivity contribution < 1.29 is 47.3 Å². The second-order valence-corrected chi connectivity index (χ2v) is 12.7. The van der Waals surface area contributed by atoms with E-state index >= 15 is 0 Å². The molecule has 1 saturated carbocycles. The number of ketones is 1. The van der Waals surface area contributed by atoms with E-state index in [0.717, 1.165) is 43.4 Å². The van der Waals surface area contributed by atoms with Crippen LogP contribution in [0.4, 0.5) is 0 Å². The zero-order valence-electron chi connectivity index (χ0n) is 25.1. The van der Waals surface area contributed by atoms with Gasteiger partial charge in [-0.3, -0.25) is 13.8 Å². The third-order valence-corrected chi connectivity index (χ3v) is 8.85. The predicted molar refractivity (Wildman–Crippen MR) is 159 cm³/mol. The third kappa shape index (κ3) is 11.4. The second kappa shape index (κ2) is 18.0. The fourth-order valence-electron chi connectivity index (χ4n) is 5.56. The maximum absolute atomic E-state index is 13.2. The average molecular weight is 623 g/mol. The molecule has 1 aromatic carbocycles. The number of hydrogen-bond donors (Lipinski definition) is 1. The van der Waals surface area contributed by atoms with Gasteiger partial charge in [0.1, 0.15) is 24.2 Å². The van der Waals surface area contributed by atoms with Crippen molar-refractivity contribution in [3.8, 4) is 5.75 Å². The highest BCUT2D eigenvalue weighted by molar-refractivity contribution is 7.84. The summed E-state index contributed by atoms with van der Waals surface area (Å²) in [6.07, 6.45) is 11.1. The lowest BCUT2D eigenvalue weighted by molar-refractivity contribution is -0.226.